The summed E-state index contributed by atoms with van der Waals surface area (Å²) in [4.78, 5) is 11.2. The van der Waals surface area contributed by atoms with Gasteiger partial charge in [-0.15, -0.1) is 0 Å². The van der Waals surface area contributed by atoms with Crippen LogP contribution in [0.3, 0.4) is 0 Å². The summed E-state index contributed by atoms with van der Waals surface area (Å²) >= 11 is 0. The maximum atomic E-state index is 11.2. The zero-order valence-electron chi connectivity index (χ0n) is 8.49. The second kappa shape index (κ2) is 5.27. The normalized spacial score (nSPS) is 11.9. The molecule has 3 heteroatoms. The van der Waals surface area contributed by atoms with Crippen molar-refractivity contribution < 1.29 is 9.53 Å². The van der Waals surface area contributed by atoms with Crippen LogP contribution >= 0.6 is 0 Å². The Morgan fingerprint density at radius 3 is 2.64 bits per heavy atom. The summed E-state index contributed by atoms with van der Waals surface area (Å²) in [6.45, 7) is 3.84. The fraction of sp³-hybridized carbons (Fsp3) is 0.364. The van der Waals surface area contributed by atoms with Gasteiger partial charge in [-0.05, 0) is 25.5 Å². The number of hydrogen-bond donors (Lipinski definition) is 1. The molecule has 1 N–H and O–H groups in total. The van der Waals surface area contributed by atoms with Crippen molar-refractivity contribution in [2.24, 2.45) is 0 Å². The van der Waals surface area contributed by atoms with Gasteiger partial charge in [-0.25, -0.2) is 4.79 Å². The molecule has 0 heterocycles. The monoisotopic (exact) mass is 193 g/mol. The SMILES string of the molecule is CC[C@H](C)OC(=O)Nc1ccccc1. The smallest absolute Gasteiger partial charge is 0.411 e. The molecule has 0 saturated carbocycles. The Kier molecular flexibility index (Phi) is 3.98. The van der Waals surface area contributed by atoms with E-state index in [2.05, 4.69) is 5.32 Å². The molecule has 1 amide bonds. The van der Waals surface area contributed by atoms with Gasteiger partial charge in [-0.3, -0.25) is 5.32 Å². The Hall–Kier alpha value is -1.51. The first-order valence-corrected chi connectivity index (χ1v) is 4.75. The van der Waals surface area contributed by atoms with Crippen molar-refractivity contribution in [2.45, 2.75) is 26.4 Å². The molecule has 0 bridgehead atoms. The zero-order valence-corrected chi connectivity index (χ0v) is 8.49. The highest BCUT2D eigenvalue weighted by Gasteiger charge is 2.06. The highest BCUT2D eigenvalue weighted by Crippen LogP contribution is 2.06. The third-order valence-corrected chi connectivity index (χ3v) is 1.90. The number of carbonyl (C=O) groups is 1. The second-order valence-electron chi connectivity index (χ2n) is 3.12. The van der Waals surface area contributed by atoms with Crippen LogP contribution in [-0.4, -0.2) is 12.2 Å². The third-order valence-electron chi connectivity index (χ3n) is 1.90. The average molecular weight is 193 g/mol. The molecule has 14 heavy (non-hydrogen) atoms. The van der Waals surface area contributed by atoms with Gasteiger partial charge in [0.15, 0.2) is 0 Å². The molecule has 3 nitrogen and oxygen atoms in total. The molecule has 0 radical (unpaired) electrons. The van der Waals surface area contributed by atoms with E-state index < -0.39 is 6.09 Å². The minimum absolute atomic E-state index is 0.0429. The molecule has 76 valence electrons. The summed E-state index contributed by atoms with van der Waals surface area (Å²) in [5, 5.41) is 2.65. The zero-order chi connectivity index (χ0) is 10.4. The minimum Gasteiger partial charge on any atom is -0.446 e. The van der Waals surface area contributed by atoms with Crippen LogP contribution in [0.2, 0.25) is 0 Å². The van der Waals surface area contributed by atoms with Gasteiger partial charge in [0.2, 0.25) is 0 Å². The van der Waals surface area contributed by atoms with Gasteiger partial charge in [0, 0.05) is 5.69 Å². The van der Waals surface area contributed by atoms with Crippen LogP contribution in [0.4, 0.5) is 10.5 Å². The average Bonchev–Trinajstić information content (AvgIpc) is 2.19. The second-order valence-corrected chi connectivity index (χ2v) is 3.12. The van der Waals surface area contributed by atoms with E-state index in [1.165, 1.54) is 0 Å². The van der Waals surface area contributed by atoms with Crippen LogP contribution in [0.15, 0.2) is 30.3 Å². The van der Waals surface area contributed by atoms with Crippen molar-refractivity contribution in [3.63, 3.8) is 0 Å². The summed E-state index contributed by atoms with van der Waals surface area (Å²) < 4.78 is 5.05. The highest BCUT2D eigenvalue weighted by atomic mass is 16.6. The molecule has 0 spiro atoms. The first kappa shape index (κ1) is 10.6. The van der Waals surface area contributed by atoms with Gasteiger partial charge in [0.05, 0.1) is 0 Å². The number of nitrogens with one attached hydrogen (secondary N) is 1. The van der Waals surface area contributed by atoms with E-state index >= 15 is 0 Å². The lowest BCUT2D eigenvalue weighted by atomic mass is 10.3. The molecule has 1 aromatic rings. The number of benzene rings is 1. The fourth-order valence-electron chi connectivity index (χ4n) is 0.935. The van der Waals surface area contributed by atoms with Crippen molar-refractivity contribution in [3.8, 4) is 0 Å². The van der Waals surface area contributed by atoms with Gasteiger partial charge in [-0.1, -0.05) is 25.1 Å². The van der Waals surface area contributed by atoms with Crippen molar-refractivity contribution >= 4 is 11.8 Å². The summed E-state index contributed by atoms with van der Waals surface area (Å²) in [6, 6.07) is 9.25. The van der Waals surface area contributed by atoms with E-state index in [1.54, 1.807) is 0 Å². The molecule has 1 aromatic carbocycles. The van der Waals surface area contributed by atoms with Gasteiger partial charge in [0.25, 0.3) is 0 Å². The largest absolute Gasteiger partial charge is 0.446 e. The van der Waals surface area contributed by atoms with Crippen LogP contribution in [0, 0.1) is 0 Å². The third kappa shape index (κ3) is 3.47. The molecular weight excluding hydrogens is 178 g/mol. The number of ether oxygens (including phenoxy) is 1. The van der Waals surface area contributed by atoms with Gasteiger partial charge in [0.1, 0.15) is 6.10 Å². The Bertz CT molecular complexity index is 285. The molecule has 0 aromatic heterocycles. The Morgan fingerprint density at radius 1 is 1.43 bits per heavy atom. The molecule has 0 aliphatic heterocycles. The number of hydrogen-bond acceptors (Lipinski definition) is 2. The maximum absolute atomic E-state index is 11.2. The van der Waals surface area contributed by atoms with E-state index in [0.717, 1.165) is 12.1 Å². The summed E-state index contributed by atoms with van der Waals surface area (Å²) in [5.74, 6) is 0. The van der Waals surface area contributed by atoms with E-state index in [0.29, 0.717) is 0 Å². The molecule has 0 aliphatic rings. The predicted octanol–water partition coefficient (Wildman–Crippen LogP) is 3.03. The maximum Gasteiger partial charge on any atom is 0.411 e. The first-order valence-electron chi connectivity index (χ1n) is 4.75. The molecular formula is C11H15NO2. The standard InChI is InChI=1S/C11H15NO2/c1-3-9(2)14-11(13)12-10-7-5-4-6-8-10/h4-9H,3H2,1-2H3,(H,12,13)/t9-/m0/s1. The highest BCUT2D eigenvalue weighted by molar-refractivity contribution is 5.84. The van der Waals surface area contributed by atoms with Gasteiger partial charge >= 0.3 is 6.09 Å². The Labute approximate surface area is 84.1 Å². The Morgan fingerprint density at radius 2 is 2.07 bits per heavy atom. The van der Waals surface area contributed by atoms with Crippen LogP contribution in [0.1, 0.15) is 20.3 Å². The van der Waals surface area contributed by atoms with Gasteiger partial charge < -0.3 is 4.74 Å². The molecule has 0 aliphatic carbocycles. The quantitative estimate of drug-likeness (QED) is 0.801. The lowest BCUT2D eigenvalue weighted by molar-refractivity contribution is 0.118. The lowest BCUT2D eigenvalue weighted by Crippen LogP contribution is -2.19. The summed E-state index contributed by atoms with van der Waals surface area (Å²) in [5.41, 5.74) is 0.751. The van der Waals surface area contributed by atoms with Crippen LogP contribution in [0.25, 0.3) is 0 Å². The molecule has 1 atom stereocenters. The van der Waals surface area contributed by atoms with Crippen molar-refractivity contribution in [1.82, 2.24) is 0 Å². The van der Waals surface area contributed by atoms with Crippen LogP contribution in [0.5, 0.6) is 0 Å². The van der Waals surface area contributed by atoms with Crippen LogP contribution in [-0.2, 0) is 4.74 Å². The topological polar surface area (TPSA) is 38.3 Å². The molecule has 0 saturated heterocycles. The predicted molar refractivity (Wildman–Crippen MR) is 56.3 cm³/mol. The molecule has 0 fully saturated rings. The summed E-state index contributed by atoms with van der Waals surface area (Å²) in [6.07, 6.45) is 0.381. The number of anilines is 1. The lowest BCUT2D eigenvalue weighted by Gasteiger charge is -2.11. The van der Waals surface area contributed by atoms with Crippen molar-refractivity contribution in [3.05, 3.63) is 30.3 Å². The Balaban J connectivity index is 2.42. The number of carbonyl (C=O) groups excluding carboxylic acids is 1. The minimum atomic E-state index is -0.398. The number of para-hydroxylation sites is 1. The van der Waals surface area contributed by atoms with E-state index in [-0.39, 0.29) is 6.10 Å². The summed E-state index contributed by atoms with van der Waals surface area (Å²) in [7, 11) is 0. The first-order chi connectivity index (χ1) is 6.72. The van der Waals surface area contributed by atoms with E-state index in [4.69, 9.17) is 4.74 Å². The number of rotatable bonds is 3. The van der Waals surface area contributed by atoms with Crippen molar-refractivity contribution in [1.29, 1.82) is 0 Å². The molecule has 1 rings (SSSR count). The van der Waals surface area contributed by atoms with Crippen LogP contribution < -0.4 is 5.32 Å². The van der Waals surface area contributed by atoms with E-state index in [1.807, 2.05) is 44.2 Å². The van der Waals surface area contributed by atoms with Gasteiger partial charge in [-0.2, -0.15) is 0 Å². The number of amides is 1. The van der Waals surface area contributed by atoms with Crippen molar-refractivity contribution in [2.75, 3.05) is 5.32 Å². The van der Waals surface area contributed by atoms with E-state index in [9.17, 15) is 4.79 Å². The fourth-order valence-corrected chi connectivity index (χ4v) is 0.935. The molecule has 0 unspecified atom stereocenters.